The van der Waals surface area contributed by atoms with Gasteiger partial charge in [0.15, 0.2) is 0 Å². The lowest BCUT2D eigenvalue weighted by Gasteiger charge is -2.39. The maximum Gasteiger partial charge on any atom is 0.135 e. The third-order valence-electron chi connectivity index (χ3n) is 4.14. The maximum atomic E-state index is 10.4. The highest BCUT2D eigenvalue weighted by Gasteiger charge is 2.43. The van der Waals surface area contributed by atoms with E-state index in [1.807, 2.05) is 0 Å². The molecule has 6 unspecified atom stereocenters. The Balaban J connectivity index is 2.14. The summed E-state index contributed by atoms with van der Waals surface area (Å²) in [5.41, 5.74) is 0.704. The topological polar surface area (TPSA) is 172 Å². The van der Waals surface area contributed by atoms with Crippen LogP contribution in [0.4, 0.5) is 0 Å². The predicted molar refractivity (Wildman–Crippen MR) is 94.9 cm³/mol. The third-order valence-corrected chi connectivity index (χ3v) is 5.57. The molecular formula is C15H20NO9S2-. The van der Waals surface area contributed by atoms with Crippen molar-refractivity contribution in [2.24, 2.45) is 11.1 Å². The van der Waals surface area contributed by atoms with Gasteiger partial charge in [0, 0.05) is 24.2 Å². The zero-order valence-corrected chi connectivity index (χ0v) is 15.6. The second-order valence-corrected chi connectivity index (χ2v) is 7.84. The molecule has 12 heteroatoms. The van der Waals surface area contributed by atoms with Crippen molar-refractivity contribution in [3.63, 3.8) is 0 Å². The van der Waals surface area contributed by atoms with E-state index in [1.165, 1.54) is 12.1 Å². The minimum absolute atomic E-state index is 0.0665. The van der Waals surface area contributed by atoms with Gasteiger partial charge in [-0.05, 0) is 29.3 Å². The van der Waals surface area contributed by atoms with E-state index >= 15 is 0 Å². The number of thioether (sulfide) groups is 1. The molecule has 10 nitrogen and oxygen atoms in total. The highest BCUT2D eigenvalue weighted by molar-refractivity contribution is 8.14. The number of oxime groups is 1. The minimum Gasteiger partial charge on any atom is -0.747 e. The van der Waals surface area contributed by atoms with Crippen LogP contribution in [0.25, 0.3) is 0 Å². The second-order valence-electron chi connectivity index (χ2n) is 5.98. The van der Waals surface area contributed by atoms with E-state index in [9.17, 15) is 34.3 Å². The first-order valence-electron chi connectivity index (χ1n) is 7.91. The summed E-state index contributed by atoms with van der Waals surface area (Å²) in [5.74, 6) is -0.570. The Bertz CT molecular complexity index is 655. The molecule has 1 aliphatic rings. The van der Waals surface area contributed by atoms with Crippen LogP contribution in [0, 0.1) is 5.92 Å². The average Bonchev–Trinajstić information content (AvgIpc) is 2.63. The number of aliphatic hydroxyl groups excluding tert-OH is 4. The van der Waals surface area contributed by atoms with Gasteiger partial charge >= 0.3 is 0 Å². The Morgan fingerprint density at radius 2 is 1.89 bits per heavy atom. The molecule has 1 fully saturated rings. The van der Waals surface area contributed by atoms with Gasteiger partial charge in [0.1, 0.15) is 28.3 Å². The van der Waals surface area contributed by atoms with Crippen LogP contribution in [-0.2, 0) is 27.1 Å². The normalized spacial score (nSPS) is 30.1. The van der Waals surface area contributed by atoms with Crippen molar-refractivity contribution in [2.45, 2.75) is 36.4 Å². The van der Waals surface area contributed by atoms with Crippen LogP contribution in [-0.4, -0.2) is 69.5 Å². The van der Waals surface area contributed by atoms with Gasteiger partial charge in [-0.3, -0.25) is 0 Å². The Morgan fingerprint density at radius 3 is 2.48 bits per heavy atom. The van der Waals surface area contributed by atoms with E-state index in [4.69, 9.17) is 0 Å². The largest absolute Gasteiger partial charge is 0.747 e. The van der Waals surface area contributed by atoms with Gasteiger partial charge in [0.2, 0.25) is 0 Å². The van der Waals surface area contributed by atoms with Crippen LogP contribution in [0.3, 0.4) is 0 Å². The Hall–Kier alpha value is -1.25. The molecule has 1 aromatic carbocycles. The number of nitrogens with zero attached hydrogens (tertiary/aromatic N) is 1. The molecule has 5 N–H and O–H groups in total. The Morgan fingerprint density at radius 1 is 1.22 bits per heavy atom. The van der Waals surface area contributed by atoms with Gasteiger partial charge in [-0.15, -0.1) is 11.8 Å². The lowest BCUT2D eigenvalue weighted by molar-refractivity contribution is -0.202. The first kappa shape index (κ1) is 22.0. The molecule has 0 aromatic heterocycles. The minimum atomic E-state index is -2.94. The van der Waals surface area contributed by atoms with E-state index in [2.05, 4.69) is 14.5 Å². The average molecular weight is 422 g/mol. The molecule has 1 aliphatic carbocycles. The lowest BCUT2D eigenvalue weighted by Crippen LogP contribution is -2.53. The SMILES string of the molecule is O=S([O-])OON=C(Cc1ccc(O)cc1)SC1CC(CO)C(O)C(O)C1O. The van der Waals surface area contributed by atoms with Crippen molar-refractivity contribution in [1.29, 1.82) is 0 Å². The van der Waals surface area contributed by atoms with Crippen LogP contribution in [0.2, 0.25) is 0 Å². The fourth-order valence-electron chi connectivity index (χ4n) is 2.72. The van der Waals surface area contributed by atoms with Crippen molar-refractivity contribution in [3.8, 4) is 5.75 Å². The summed E-state index contributed by atoms with van der Waals surface area (Å²) in [4.78, 5) is 4.29. The van der Waals surface area contributed by atoms with Crippen molar-refractivity contribution in [1.82, 2.24) is 0 Å². The second kappa shape index (κ2) is 10.3. The Labute approximate surface area is 161 Å². The highest BCUT2D eigenvalue weighted by atomic mass is 32.2. The standard InChI is InChI=1S/C15H21NO9S2/c17-7-9-6-11(14(20)15(21)13(9)19)26-12(16-24-25-27(22)23)5-8-1-3-10(18)4-2-8/h1-4,9,11,13-15,17-21H,5-7H2,(H,22,23)/p-1. The molecule has 1 saturated carbocycles. The summed E-state index contributed by atoms with van der Waals surface area (Å²) in [6.45, 7) is -0.374. The molecule has 0 bridgehead atoms. The van der Waals surface area contributed by atoms with Crippen molar-refractivity contribution in [3.05, 3.63) is 29.8 Å². The van der Waals surface area contributed by atoms with Gasteiger partial charge in [0.05, 0.1) is 12.2 Å². The van der Waals surface area contributed by atoms with Crippen LogP contribution in [0.5, 0.6) is 5.75 Å². The molecular weight excluding hydrogens is 402 g/mol. The van der Waals surface area contributed by atoms with Crippen molar-refractivity contribution >= 4 is 28.2 Å². The fourth-order valence-corrected chi connectivity index (χ4v) is 4.12. The van der Waals surface area contributed by atoms with Gasteiger partial charge < -0.3 is 30.1 Å². The van der Waals surface area contributed by atoms with Gasteiger partial charge in [-0.1, -0.05) is 16.5 Å². The molecule has 0 amide bonds. The third kappa shape index (κ3) is 6.40. The van der Waals surface area contributed by atoms with E-state index in [0.717, 1.165) is 11.8 Å². The number of phenolic OH excluding ortho intramolecular Hbond substituents is 1. The quantitative estimate of drug-likeness (QED) is 0.123. The van der Waals surface area contributed by atoms with E-state index < -0.39 is 40.8 Å². The lowest BCUT2D eigenvalue weighted by atomic mass is 9.83. The van der Waals surface area contributed by atoms with Crippen molar-refractivity contribution < 1.29 is 43.6 Å². The summed E-state index contributed by atoms with van der Waals surface area (Å²) in [7, 11) is 0. The molecule has 0 radical (unpaired) electrons. The first-order chi connectivity index (χ1) is 12.8. The summed E-state index contributed by atoms with van der Waals surface area (Å²) in [6.07, 6.45) is -3.67. The molecule has 152 valence electrons. The smallest absolute Gasteiger partial charge is 0.135 e. The zero-order chi connectivity index (χ0) is 20.0. The Kier molecular flexibility index (Phi) is 8.44. The molecule has 1 aromatic rings. The van der Waals surface area contributed by atoms with Crippen LogP contribution < -0.4 is 0 Å². The molecule has 2 rings (SSSR count). The van der Waals surface area contributed by atoms with Crippen LogP contribution >= 0.6 is 11.8 Å². The number of rotatable bonds is 7. The molecule has 27 heavy (non-hydrogen) atoms. The molecule has 0 saturated heterocycles. The number of benzene rings is 1. The maximum absolute atomic E-state index is 10.4. The molecule has 0 heterocycles. The number of hydrogen-bond acceptors (Lipinski definition) is 11. The monoisotopic (exact) mass is 422 g/mol. The van der Waals surface area contributed by atoms with Crippen LogP contribution in [0.15, 0.2) is 29.4 Å². The summed E-state index contributed by atoms with van der Waals surface area (Å²) in [6, 6.07) is 6.15. The van der Waals surface area contributed by atoms with Gasteiger partial charge in [0.25, 0.3) is 0 Å². The van der Waals surface area contributed by atoms with E-state index in [0.29, 0.717) is 5.56 Å². The number of aromatic hydroxyl groups is 1. The molecule has 0 aliphatic heterocycles. The van der Waals surface area contributed by atoms with E-state index in [-0.39, 0.29) is 30.2 Å². The van der Waals surface area contributed by atoms with Gasteiger partial charge in [-0.25, -0.2) is 9.20 Å². The number of aliphatic hydroxyl groups is 4. The summed E-state index contributed by atoms with van der Waals surface area (Å²) < 4.78 is 24.7. The zero-order valence-electron chi connectivity index (χ0n) is 14.0. The summed E-state index contributed by atoms with van der Waals surface area (Å²) in [5, 5.41) is 51.9. The summed E-state index contributed by atoms with van der Waals surface area (Å²) >= 11 is -1.94. The van der Waals surface area contributed by atoms with Gasteiger partial charge in [-0.2, -0.15) is 0 Å². The highest BCUT2D eigenvalue weighted by Crippen LogP contribution is 2.34. The molecule has 6 atom stereocenters. The number of hydrogen-bond donors (Lipinski definition) is 5. The van der Waals surface area contributed by atoms with E-state index in [1.54, 1.807) is 12.1 Å². The first-order valence-corrected chi connectivity index (χ1v) is 9.79. The van der Waals surface area contributed by atoms with Crippen molar-refractivity contribution in [2.75, 3.05) is 6.61 Å². The number of phenols is 1. The molecule has 0 spiro atoms. The fraction of sp³-hybridized carbons (Fsp3) is 0.533. The predicted octanol–water partition coefficient (Wildman–Crippen LogP) is -0.813. The van der Waals surface area contributed by atoms with Crippen LogP contribution in [0.1, 0.15) is 12.0 Å².